The van der Waals surface area contributed by atoms with Gasteiger partial charge in [-0.1, -0.05) is 28.9 Å². The van der Waals surface area contributed by atoms with Crippen LogP contribution in [0.1, 0.15) is 34.9 Å². The molecule has 1 unspecified atom stereocenters. The van der Waals surface area contributed by atoms with Crippen LogP contribution in [0, 0.1) is 26.6 Å². The summed E-state index contributed by atoms with van der Waals surface area (Å²) in [4.78, 5) is 18.4. The molecule has 1 aliphatic heterocycles. The van der Waals surface area contributed by atoms with Crippen LogP contribution >= 0.6 is 0 Å². The normalized spacial score (nSPS) is 17.0. The van der Waals surface area contributed by atoms with Crippen molar-refractivity contribution < 1.29 is 13.7 Å². The Morgan fingerprint density at radius 3 is 2.63 bits per heavy atom. The van der Waals surface area contributed by atoms with Crippen LogP contribution < -0.4 is 4.90 Å². The molecule has 2 aromatic carbocycles. The Balaban J connectivity index is 1.60. The Labute approximate surface area is 156 Å². The van der Waals surface area contributed by atoms with Gasteiger partial charge in [-0.25, -0.2) is 4.39 Å². The summed E-state index contributed by atoms with van der Waals surface area (Å²) in [6, 6.07) is 10.9. The van der Waals surface area contributed by atoms with Crippen molar-refractivity contribution in [1.82, 2.24) is 10.1 Å². The highest BCUT2D eigenvalue weighted by Crippen LogP contribution is 2.33. The van der Waals surface area contributed by atoms with Crippen molar-refractivity contribution in [2.75, 3.05) is 11.4 Å². The lowest BCUT2D eigenvalue weighted by atomic mass is 10.1. The van der Waals surface area contributed by atoms with Crippen LogP contribution in [-0.4, -0.2) is 22.6 Å². The van der Waals surface area contributed by atoms with Gasteiger partial charge in [-0.3, -0.25) is 4.79 Å². The van der Waals surface area contributed by atoms with E-state index in [9.17, 15) is 9.18 Å². The fraction of sp³-hybridized carbons (Fsp3) is 0.286. The number of hydrogen-bond acceptors (Lipinski definition) is 4. The number of anilines is 1. The monoisotopic (exact) mass is 365 g/mol. The standard InChI is InChI=1S/C21H20FN3O2/c1-12-4-6-14(3)16(8-12)20-23-21(27-24-20)15-10-19(26)25(11-15)18-7-5-13(2)9-17(18)22/h4-9,15H,10-11H2,1-3H3. The number of halogens is 1. The topological polar surface area (TPSA) is 59.2 Å². The van der Waals surface area contributed by atoms with Crippen LogP contribution in [0.15, 0.2) is 40.9 Å². The first-order valence-electron chi connectivity index (χ1n) is 8.90. The average Bonchev–Trinajstić information content (AvgIpc) is 3.24. The number of hydrogen-bond donors (Lipinski definition) is 0. The molecular formula is C21H20FN3O2. The number of carbonyl (C=O) groups is 1. The summed E-state index contributed by atoms with van der Waals surface area (Å²) >= 11 is 0. The fourth-order valence-corrected chi connectivity index (χ4v) is 3.42. The zero-order valence-electron chi connectivity index (χ0n) is 15.5. The molecule has 3 aromatic rings. The molecule has 0 bridgehead atoms. The van der Waals surface area contributed by atoms with E-state index in [2.05, 4.69) is 10.1 Å². The summed E-state index contributed by atoms with van der Waals surface area (Å²) in [5, 5.41) is 4.09. The molecule has 4 rings (SSSR count). The number of rotatable bonds is 3. The van der Waals surface area contributed by atoms with Gasteiger partial charge in [0.2, 0.25) is 17.6 Å². The average molecular weight is 365 g/mol. The molecule has 1 atom stereocenters. The predicted octanol–water partition coefficient (Wildman–Crippen LogP) is 4.32. The first-order valence-corrected chi connectivity index (χ1v) is 8.90. The lowest BCUT2D eigenvalue weighted by Crippen LogP contribution is -2.25. The maximum absolute atomic E-state index is 14.3. The van der Waals surface area contributed by atoms with Crippen molar-refractivity contribution in [2.45, 2.75) is 33.1 Å². The minimum absolute atomic E-state index is 0.144. The van der Waals surface area contributed by atoms with E-state index in [0.29, 0.717) is 23.9 Å². The number of nitrogens with zero attached hydrogens (tertiary/aromatic N) is 3. The number of aryl methyl sites for hydroxylation is 3. The third-order valence-corrected chi connectivity index (χ3v) is 4.94. The lowest BCUT2D eigenvalue weighted by Gasteiger charge is -2.17. The molecule has 1 aromatic heterocycles. The Morgan fingerprint density at radius 2 is 1.85 bits per heavy atom. The highest BCUT2D eigenvalue weighted by atomic mass is 19.1. The van der Waals surface area contributed by atoms with Gasteiger partial charge >= 0.3 is 0 Å². The van der Waals surface area contributed by atoms with Crippen molar-refractivity contribution in [3.8, 4) is 11.4 Å². The molecule has 1 aliphatic rings. The van der Waals surface area contributed by atoms with E-state index < -0.39 is 5.82 Å². The molecule has 0 N–H and O–H groups in total. The Morgan fingerprint density at radius 1 is 1.11 bits per heavy atom. The molecule has 6 heteroatoms. The molecule has 1 amide bonds. The molecule has 0 saturated carbocycles. The van der Waals surface area contributed by atoms with Gasteiger partial charge in [-0.15, -0.1) is 0 Å². The second kappa shape index (κ2) is 6.61. The summed E-state index contributed by atoms with van der Waals surface area (Å²) in [7, 11) is 0. The van der Waals surface area contributed by atoms with E-state index in [4.69, 9.17) is 4.52 Å². The Hall–Kier alpha value is -3.02. The van der Waals surface area contributed by atoms with Gasteiger partial charge in [-0.2, -0.15) is 4.98 Å². The van der Waals surface area contributed by atoms with Crippen LogP contribution in [0.4, 0.5) is 10.1 Å². The van der Waals surface area contributed by atoms with Crippen LogP contribution in [0.2, 0.25) is 0 Å². The van der Waals surface area contributed by atoms with Crippen molar-refractivity contribution in [1.29, 1.82) is 0 Å². The van der Waals surface area contributed by atoms with E-state index in [0.717, 1.165) is 22.3 Å². The van der Waals surface area contributed by atoms with E-state index in [1.165, 1.54) is 11.0 Å². The maximum atomic E-state index is 14.3. The molecule has 2 heterocycles. The predicted molar refractivity (Wildman–Crippen MR) is 100 cm³/mol. The molecule has 138 valence electrons. The molecule has 0 spiro atoms. The van der Waals surface area contributed by atoms with Gasteiger partial charge in [0.1, 0.15) is 5.82 Å². The smallest absolute Gasteiger partial charge is 0.232 e. The van der Waals surface area contributed by atoms with Crippen LogP contribution in [0.5, 0.6) is 0 Å². The van der Waals surface area contributed by atoms with Gasteiger partial charge in [0, 0.05) is 18.5 Å². The fourth-order valence-electron chi connectivity index (χ4n) is 3.42. The molecule has 5 nitrogen and oxygen atoms in total. The summed E-state index contributed by atoms with van der Waals surface area (Å²) < 4.78 is 19.7. The Kier molecular flexibility index (Phi) is 4.26. The summed E-state index contributed by atoms with van der Waals surface area (Å²) in [6.07, 6.45) is 0.224. The summed E-state index contributed by atoms with van der Waals surface area (Å²) in [6.45, 7) is 6.14. The van der Waals surface area contributed by atoms with Crippen molar-refractivity contribution in [3.63, 3.8) is 0 Å². The zero-order chi connectivity index (χ0) is 19.1. The lowest BCUT2D eigenvalue weighted by molar-refractivity contribution is -0.117. The van der Waals surface area contributed by atoms with Gasteiger partial charge in [0.05, 0.1) is 11.6 Å². The van der Waals surface area contributed by atoms with Gasteiger partial charge < -0.3 is 9.42 Å². The van der Waals surface area contributed by atoms with Gasteiger partial charge in [0.25, 0.3) is 0 Å². The van der Waals surface area contributed by atoms with Crippen molar-refractivity contribution in [2.24, 2.45) is 0 Å². The first-order chi connectivity index (χ1) is 12.9. The second-order valence-corrected chi connectivity index (χ2v) is 7.13. The SMILES string of the molecule is Cc1ccc(N2CC(c3nc(-c4cc(C)ccc4C)no3)CC2=O)c(F)c1. The van der Waals surface area contributed by atoms with Crippen LogP contribution in [0.25, 0.3) is 11.4 Å². The largest absolute Gasteiger partial charge is 0.339 e. The molecule has 0 aliphatic carbocycles. The van der Waals surface area contributed by atoms with E-state index in [1.54, 1.807) is 12.1 Å². The zero-order valence-corrected chi connectivity index (χ0v) is 15.5. The van der Waals surface area contributed by atoms with Crippen LogP contribution in [-0.2, 0) is 4.79 Å². The summed E-state index contributed by atoms with van der Waals surface area (Å²) in [5.41, 5.74) is 4.19. The van der Waals surface area contributed by atoms with Gasteiger partial charge in [-0.05, 0) is 50.1 Å². The highest BCUT2D eigenvalue weighted by molar-refractivity contribution is 5.96. The summed E-state index contributed by atoms with van der Waals surface area (Å²) in [5.74, 6) is 0.136. The van der Waals surface area contributed by atoms with E-state index in [-0.39, 0.29) is 18.2 Å². The van der Waals surface area contributed by atoms with Crippen molar-refractivity contribution in [3.05, 3.63) is 64.8 Å². The number of amides is 1. The van der Waals surface area contributed by atoms with E-state index >= 15 is 0 Å². The molecule has 27 heavy (non-hydrogen) atoms. The number of aromatic nitrogens is 2. The highest BCUT2D eigenvalue weighted by Gasteiger charge is 2.36. The molecule has 0 radical (unpaired) electrons. The first kappa shape index (κ1) is 17.4. The third-order valence-electron chi connectivity index (χ3n) is 4.94. The van der Waals surface area contributed by atoms with Crippen molar-refractivity contribution >= 4 is 11.6 Å². The van der Waals surface area contributed by atoms with E-state index in [1.807, 2.05) is 39.0 Å². The van der Waals surface area contributed by atoms with Crippen LogP contribution in [0.3, 0.4) is 0 Å². The molecule has 1 saturated heterocycles. The van der Waals surface area contributed by atoms with Gasteiger partial charge in [0.15, 0.2) is 0 Å². The third kappa shape index (κ3) is 3.23. The maximum Gasteiger partial charge on any atom is 0.232 e. The number of carbonyl (C=O) groups excluding carboxylic acids is 1. The molecule has 1 fully saturated rings. The Bertz CT molecular complexity index is 1030. The molecular weight excluding hydrogens is 345 g/mol. The second-order valence-electron chi connectivity index (χ2n) is 7.13. The number of benzene rings is 2. The minimum Gasteiger partial charge on any atom is -0.339 e. The minimum atomic E-state index is -0.398. The quantitative estimate of drug-likeness (QED) is 0.693.